The number of halogens is 1. The number of methoxy groups -OCH3 is 1. The second-order valence-corrected chi connectivity index (χ2v) is 9.26. The van der Waals surface area contributed by atoms with E-state index in [4.69, 9.17) is 16.3 Å². The van der Waals surface area contributed by atoms with Gasteiger partial charge >= 0.3 is 0 Å². The number of thioether (sulfide) groups is 1. The van der Waals surface area contributed by atoms with Crippen molar-refractivity contribution >= 4 is 57.3 Å². The Hall–Kier alpha value is -2.20. The van der Waals surface area contributed by atoms with Gasteiger partial charge in [-0.15, -0.1) is 11.3 Å². The lowest BCUT2D eigenvalue weighted by Crippen LogP contribution is -2.25. The third-order valence-electron chi connectivity index (χ3n) is 4.42. The normalized spacial score (nSPS) is 11.1. The minimum atomic E-state index is -0.190. The first kappa shape index (κ1) is 23.5. The van der Waals surface area contributed by atoms with E-state index in [0.717, 1.165) is 4.88 Å². The number of benzene rings is 1. The van der Waals surface area contributed by atoms with Crippen molar-refractivity contribution in [3.8, 4) is 0 Å². The van der Waals surface area contributed by atoms with Crippen LogP contribution in [0, 0.1) is 0 Å². The number of amides is 1. The van der Waals surface area contributed by atoms with E-state index in [1.165, 1.54) is 34.6 Å². The first-order valence-electron chi connectivity index (χ1n) is 9.57. The number of rotatable bonds is 10. The number of aromatic nitrogens is 2. The minimum absolute atomic E-state index is 0.0421. The van der Waals surface area contributed by atoms with E-state index in [9.17, 15) is 14.4 Å². The quantitative estimate of drug-likeness (QED) is 0.272. The predicted molar refractivity (Wildman–Crippen MR) is 125 cm³/mol. The number of carbonyl (C=O) groups is 2. The van der Waals surface area contributed by atoms with Crippen LogP contribution in [0.15, 0.2) is 40.3 Å². The molecule has 164 valence electrons. The van der Waals surface area contributed by atoms with Crippen LogP contribution < -0.4 is 10.9 Å². The average Bonchev–Trinajstić information content (AvgIpc) is 3.20. The predicted octanol–water partition coefficient (Wildman–Crippen LogP) is 3.41. The Morgan fingerprint density at radius 2 is 2.10 bits per heavy atom. The van der Waals surface area contributed by atoms with Crippen LogP contribution in [0.5, 0.6) is 0 Å². The summed E-state index contributed by atoms with van der Waals surface area (Å²) in [6.07, 6.45) is 0.675. The highest BCUT2D eigenvalue weighted by Gasteiger charge is 2.16. The molecule has 7 nitrogen and oxygen atoms in total. The number of hydrogen-bond acceptors (Lipinski definition) is 7. The molecule has 0 saturated heterocycles. The molecule has 2 aromatic heterocycles. The summed E-state index contributed by atoms with van der Waals surface area (Å²) in [5.41, 5.74) is 0.308. The second-order valence-electron chi connectivity index (χ2n) is 6.72. The van der Waals surface area contributed by atoms with Crippen LogP contribution in [-0.2, 0) is 22.5 Å². The molecule has 1 amide bonds. The highest BCUT2D eigenvalue weighted by Crippen LogP contribution is 2.23. The Labute approximate surface area is 192 Å². The van der Waals surface area contributed by atoms with Crippen LogP contribution in [0.1, 0.15) is 21.5 Å². The fourth-order valence-electron chi connectivity index (χ4n) is 2.89. The number of nitrogens with zero attached hydrogens (tertiary/aromatic N) is 2. The lowest BCUT2D eigenvalue weighted by Gasteiger charge is -2.12. The number of thiophene rings is 1. The SMILES string of the molecule is COCCn1c(SCC(=O)c2ccc(CCNC(C)=O)s2)nc2cc(Cl)ccc2c1=O. The molecule has 1 aromatic carbocycles. The molecule has 0 aliphatic carbocycles. The van der Waals surface area contributed by atoms with E-state index in [0.29, 0.717) is 52.1 Å². The van der Waals surface area contributed by atoms with Gasteiger partial charge in [-0.2, -0.15) is 0 Å². The van der Waals surface area contributed by atoms with E-state index in [1.54, 1.807) is 31.4 Å². The summed E-state index contributed by atoms with van der Waals surface area (Å²) in [6, 6.07) is 8.65. The molecule has 0 bridgehead atoms. The summed E-state index contributed by atoms with van der Waals surface area (Å²) in [6.45, 7) is 2.70. The zero-order valence-corrected chi connectivity index (χ0v) is 19.5. The molecule has 0 aliphatic heterocycles. The van der Waals surface area contributed by atoms with E-state index in [1.807, 2.05) is 6.07 Å². The van der Waals surface area contributed by atoms with Gasteiger partial charge in [-0.05, 0) is 36.8 Å². The Balaban J connectivity index is 1.76. The fourth-order valence-corrected chi connectivity index (χ4v) is 5.00. The number of Topliss-reactive ketones (excluding diaryl/α,β-unsaturated/α-hetero) is 1. The molecule has 1 N–H and O–H groups in total. The Bertz CT molecular complexity index is 1160. The highest BCUT2D eigenvalue weighted by molar-refractivity contribution is 7.99. The molecule has 0 radical (unpaired) electrons. The Morgan fingerprint density at radius 1 is 1.29 bits per heavy atom. The number of fused-ring (bicyclic) bond motifs is 1. The van der Waals surface area contributed by atoms with Crippen LogP contribution in [0.4, 0.5) is 0 Å². The topological polar surface area (TPSA) is 90.3 Å². The summed E-state index contributed by atoms with van der Waals surface area (Å²) in [4.78, 5) is 42.8. The van der Waals surface area contributed by atoms with Gasteiger partial charge in [0.1, 0.15) is 0 Å². The lowest BCUT2D eigenvalue weighted by molar-refractivity contribution is -0.118. The van der Waals surface area contributed by atoms with Crippen molar-refractivity contribution in [3.05, 3.63) is 55.5 Å². The maximum absolute atomic E-state index is 12.9. The lowest BCUT2D eigenvalue weighted by atomic mass is 10.2. The molecule has 3 rings (SSSR count). The highest BCUT2D eigenvalue weighted by atomic mass is 35.5. The standard InChI is InChI=1S/C21H22ClN3O4S2/c1-13(26)23-8-7-15-4-6-19(31-15)18(27)12-30-21-24-17-11-14(22)3-5-16(17)20(28)25(21)9-10-29-2/h3-6,11H,7-10,12H2,1-2H3,(H,23,26). The number of nitrogens with one attached hydrogen (secondary N) is 1. The fraction of sp³-hybridized carbons (Fsp3) is 0.333. The third kappa shape index (κ3) is 6.16. The van der Waals surface area contributed by atoms with Crippen molar-refractivity contribution in [1.29, 1.82) is 0 Å². The van der Waals surface area contributed by atoms with Gasteiger partial charge in [0.2, 0.25) is 5.91 Å². The van der Waals surface area contributed by atoms with Gasteiger partial charge in [0.15, 0.2) is 10.9 Å². The van der Waals surface area contributed by atoms with E-state index in [-0.39, 0.29) is 23.0 Å². The number of ketones is 1. The van der Waals surface area contributed by atoms with Gasteiger partial charge in [0, 0.05) is 30.5 Å². The molecular weight excluding hydrogens is 458 g/mol. The van der Waals surface area contributed by atoms with E-state index in [2.05, 4.69) is 10.3 Å². The van der Waals surface area contributed by atoms with Crippen molar-refractivity contribution in [1.82, 2.24) is 14.9 Å². The molecule has 0 unspecified atom stereocenters. The van der Waals surface area contributed by atoms with Gasteiger partial charge in [-0.25, -0.2) is 4.98 Å². The monoisotopic (exact) mass is 479 g/mol. The van der Waals surface area contributed by atoms with Crippen molar-refractivity contribution in [2.24, 2.45) is 0 Å². The number of hydrogen-bond donors (Lipinski definition) is 1. The first-order chi connectivity index (χ1) is 14.9. The van der Waals surface area contributed by atoms with Gasteiger partial charge in [0.05, 0.1) is 34.7 Å². The smallest absolute Gasteiger partial charge is 0.262 e. The van der Waals surface area contributed by atoms with Crippen LogP contribution in [0.25, 0.3) is 10.9 Å². The maximum Gasteiger partial charge on any atom is 0.262 e. The van der Waals surface area contributed by atoms with Crippen LogP contribution in [-0.4, -0.2) is 47.3 Å². The summed E-state index contributed by atoms with van der Waals surface area (Å²) in [5, 5.41) is 4.16. The first-order valence-corrected chi connectivity index (χ1v) is 11.7. The zero-order chi connectivity index (χ0) is 22.4. The van der Waals surface area contributed by atoms with Crippen molar-refractivity contribution < 1.29 is 14.3 Å². The maximum atomic E-state index is 12.9. The number of ether oxygens (including phenoxy) is 1. The minimum Gasteiger partial charge on any atom is -0.383 e. The molecular formula is C21H22ClN3O4S2. The molecule has 0 saturated carbocycles. The van der Waals surface area contributed by atoms with Crippen molar-refractivity contribution in [2.75, 3.05) is 26.0 Å². The molecule has 31 heavy (non-hydrogen) atoms. The van der Waals surface area contributed by atoms with Crippen LogP contribution in [0.3, 0.4) is 0 Å². The molecule has 0 spiro atoms. The van der Waals surface area contributed by atoms with Gasteiger partial charge in [0.25, 0.3) is 5.56 Å². The Morgan fingerprint density at radius 3 is 2.84 bits per heavy atom. The van der Waals surface area contributed by atoms with Gasteiger partial charge < -0.3 is 10.1 Å². The molecule has 0 aliphatic rings. The molecule has 0 fully saturated rings. The Kier molecular flexibility index (Phi) is 8.25. The van der Waals surface area contributed by atoms with Crippen LogP contribution >= 0.6 is 34.7 Å². The van der Waals surface area contributed by atoms with Crippen LogP contribution in [0.2, 0.25) is 5.02 Å². The molecule has 3 aromatic rings. The molecule has 2 heterocycles. The average molecular weight is 480 g/mol. The summed E-state index contributed by atoms with van der Waals surface area (Å²) in [7, 11) is 1.57. The summed E-state index contributed by atoms with van der Waals surface area (Å²) >= 11 is 8.69. The van der Waals surface area contributed by atoms with E-state index < -0.39 is 0 Å². The van der Waals surface area contributed by atoms with Crippen molar-refractivity contribution in [2.45, 2.75) is 25.0 Å². The van der Waals surface area contributed by atoms with Gasteiger partial charge in [-0.1, -0.05) is 23.4 Å². The summed E-state index contributed by atoms with van der Waals surface area (Å²) < 4.78 is 6.65. The zero-order valence-electron chi connectivity index (χ0n) is 17.1. The van der Waals surface area contributed by atoms with Gasteiger partial charge in [-0.3, -0.25) is 19.0 Å². The largest absolute Gasteiger partial charge is 0.383 e. The second kappa shape index (κ2) is 10.9. The summed E-state index contributed by atoms with van der Waals surface area (Å²) in [5.74, 6) is 0.0318. The number of carbonyl (C=O) groups excluding carboxylic acids is 2. The third-order valence-corrected chi connectivity index (χ3v) is 6.81. The molecule has 10 heteroatoms. The van der Waals surface area contributed by atoms with E-state index >= 15 is 0 Å². The van der Waals surface area contributed by atoms with Crippen molar-refractivity contribution in [3.63, 3.8) is 0 Å². The molecule has 0 atom stereocenters.